The number of carbonyl (C=O) groups excluding carboxylic acids is 1. The second-order valence-electron chi connectivity index (χ2n) is 7.54. The van der Waals surface area contributed by atoms with E-state index in [9.17, 15) is 4.79 Å². The summed E-state index contributed by atoms with van der Waals surface area (Å²) in [5.41, 5.74) is 2.15. The number of pyridine rings is 2. The first-order chi connectivity index (χ1) is 13.7. The van der Waals surface area contributed by atoms with Gasteiger partial charge in [0, 0.05) is 23.5 Å². The Morgan fingerprint density at radius 1 is 1.11 bits per heavy atom. The predicted octanol–water partition coefficient (Wildman–Crippen LogP) is 5.15. The molecule has 28 heavy (non-hydrogen) atoms. The lowest BCUT2D eigenvalue weighted by atomic mass is 9.90. The van der Waals surface area contributed by atoms with Gasteiger partial charge in [0.25, 0.3) is 5.91 Å². The maximum absolute atomic E-state index is 12.4. The molecule has 0 saturated heterocycles. The summed E-state index contributed by atoms with van der Waals surface area (Å²) < 4.78 is 6.05. The van der Waals surface area contributed by atoms with Crippen LogP contribution in [0.1, 0.15) is 48.2 Å². The second kappa shape index (κ2) is 8.38. The smallest absolute Gasteiger partial charge is 0.274 e. The quantitative estimate of drug-likeness (QED) is 0.670. The van der Waals surface area contributed by atoms with Crippen molar-refractivity contribution in [2.45, 2.75) is 39.0 Å². The number of nitrogens with one attached hydrogen (secondary N) is 1. The number of ether oxygens (including phenoxy) is 1. The van der Waals surface area contributed by atoms with Crippen LogP contribution in [0.4, 0.5) is 5.69 Å². The predicted molar refractivity (Wildman–Crippen MR) is 111 cm³/mol. The Labute approximate surface area is 165 Å². The Bertz CT molecular complexity index is 963. The Kier molecular flexibility index (Phi) is 5.51. The van der Waals surface area contributed by atoms with Crippen LogP contribution in [0.25, 0.3) is 10.8 Å². The molecule has 1 saturated carbocycles. The minimum atomic E-state index is -0.220. The van der Waals surface area contributed by atoms with Crippen LogP contribution in [-0.4, -0.2) is 22.5 Å². The van der Waals surface area contributed by atoms with Crippen LogP contribution in [0.2, 0.25) is 0 Å². The highest BCUT2D eigenvalue weighted by atomic mass is 16.5. The average molecular weight is 375 g/mol. The van der Waals surface area contributed by atoms with Crippen LogP contribution in [0.15, 0.2) is 48.8 Å². The molecule has 144 valence electrons. The van der Waals surface area contributed by atoms with Crippen LogP contribution in [0, 0.1) is 12.8 Å². The summed E-state index contributed by atoms with van der Waals surface area (Å²) in [7, 11) is 0. The van der Waals surface area contributed by atoms with Crippen molar-refractivity contribution in [2.75, 3.05) is 11.9 Å². The number of hydrogen-bond acceptors (Lipinski definition) is 4. The van der Waals surface area contributed by atoms with E-state index < -0.39 is 0 Å². The molecule has 0 bridgehead atoms. The van der Waals surface area contributed by atoms with Gasteiger partial charge in [-0.25, -0.2) is 4.98 Å². The number of aryl methyl sites for hydroxylation is 1. The van der Waals surface area contributed by atoms with E-state index in [1.165, 1.54) is 32.1 Å². The molecular weight excluding hydrogens is 350 g/mol. The van der Waals surface area contributed by atoms with Gasteiger partial charge in [-0.15, -0.1) is 0 Å². The van der Waals surface area contributed by atoms with Gasteiger partial charge < -0.3 is 10.1 Å². The summed E-state index contributed by atoms with van der Waals surface area (Å²) in [5.74, 6) is 1.08. The molecule has 1 aliphatic carbocycles. The Balaban J connectivity index is 1.48. The zero-order valence-corrected chi connectivity index (χ0v) is 16.1. The Morgan fingerprint density at radius 3 is 2.75 bits per heavy atom. The maximum Gasteiger partial charge on any atom is 0.274 e. The van der Waals surface area contributed by atoms with Crippen LogP contribution >= 0.6 is 0 Å². The molecule has 0 radical (unpaired) electrons. The lowest BCUT2D eigenvalue weighted by molar-refractivity contribution is 0.102. The van der Waals surface area contributed by atoms with E-state index in [1.54, 1.807) is 18.5 Å². The molecule has 3 aromatic rings. The van der Waals surface area contributed by atoms with Gasteiger partial charge in [-0.3, -0.25) is 9.78 Å². The average Bonchev–Trinajstić information content (AvgIpc) is 2.73. The number of nitrogens with zero attached hydrogens (tertiary/aromatic N) is 2. The molecule has 0 spiro atoms. The van der Waals surface area contributed by atoms with Crippen molar-refractivity contribution in [2.24, 2.45) is 5.92 Å². The SMILES string of the molecule is Cc1ccc(C(=O)Nc2ccc3c(OCC4CCCCC4)nccc3c2)nc1. The molecular formula is C23H25N3O2. The summed E-state index contributed by atoms with van der Waals surface area (Å²) in [4.78, 5) is 21.0. The first-order valence-corrected chi connectivity index (χ1v) is 9.94. The minimum absolute atomic E-state index is 0.220. The number of hydrogen-bond donors (Lipinski definition) is 1. The fourth-order valence-electron chi connectivity index (χ4n) is 3.69. The first-order valence-electron chi connectivity index (χ1n) is 9.94. The number of anilines is 1. The van der Waals surface area contributed by atoms with Crippen molar-refractivity contribution in [1.82, 2.24) is 9.97 Å². The van der Waals surface area contributed by atoms with Crippen LogP contribution in [0.5, 0.6) is 5.88 Å². The lowest BCUT2D eigenvalue weighted by Crippen LogP contribution is -2.15. The number of rotatable bonds is 5. The molecule has 2 heterocycles. The van der Waals surface area contributed by atoms with E-state index >= 15 is 0 Å². The third kappa shape index (κ3) is 4.30. The third-order valence-electron chi connectivity index (χ3n) is 5.31. The van der Waals surface area contributed by atoms with Gasteiger partial charge in [0.2, 0.25) is 5.88 Å². The fraction of sp³-hybridized carbons (Fsp3) is 0.348. The largest absolute Gasteiger partial charge is 0.477 e. The molecule has 1 amide bonds. The zero-order valence-electron chi connectivity index (χ0n) is 16.1. The molecule has 2 aromatic heterocycles. The molecule has 1 aliphatic rings. The number of fused-ring (bicyclic) bond motifs is 1. The van der Waals surface area contributed by atoms with Gasteiger partial charge in [0.15, 0.2) is 0 Å². The van der Waals surface area contributed by atoms with E-state index in [0.717, 1.165) is 28.6 Å². The summed E-state index contributed by atoms with van der Waals surface area (Å²) in [5, 5.41) is 4.86. The van der Waals surface area contributed by atoms with Crippen molar-refractivity contribution in [1.29, 1.82) is 0 Å². The molecule has 0 unspecified atom stereocenters. The summed E-state index contributed by atoms with van der Waals surface area (Å²) >= 11 is 0. The van der Waals surface area contributed by atoms with Crippen LogP contribution < -0.4 is 10.1 Å². The van der Waals surface area contributed by atoms with E-state index in [2.05, 4.69) is 15.3 Å². The number of aromatic nitrogens is 2. The van der Waals surface area contributed by atoms with Crippen molar-refractivity contribution in [3.8, 4) is 5.88 Å². The van der Waals surface area contributed by atoms with E-state index in [1.807, 2.05) is 37.3 Å². The maximum atomic E-state index is 12.4. The van der Waals surface area contributed by atoms with Crippen molar-refractivity contribution in [3.05, 3.63) is 60.0 Å². The molecule has 4 rings (SSSR count). The lowest BCUT2D eigenvalue weighted by Gasteiger charge is -2.21. The van der Waals surface area contributed by atoms with Crippen molar-refractivity contribution in [3.63, 3.8) is 0 Å². The first kappa shape index (κ1) is 18.4. The molecule has 1 N–H and O–H groups in total. The molecule has 1 aromatic carbocycles. The molecule has 0 aliphatic heterocycles. The highest BCUT2D eigenvalue weighted by Gasteiger charge is 2.15. The standard InChI is InChI=1S/C23H25N3O2/c1-16-7-10-21(25-14-16)22(27)26-19-8-9-20-18(13-19)11-12-24-23(20)28-15-17-5-3-2-4-6-17/h7-14,17H,2-6,15H2,1H3,(H,26,27). The Morgan fingerprint density at radius 2 is 1.96 bits per heavy atom. The highest BCUT2D eigenvalue weighted by Crippen LogP contribution is 2.28. The number of carbonyl (C=O) groups is 1. The monoisotopic (exact) mass is 375 g/mol. The fourth-order valence-corrected chi connectivity index (χ4v) is 3.69. The van der Waals surface area contributed by atoms with Gasteiger partial charge in [0.1, 0.15) is 5.69 Å². The molecule has 5 nitrogen and oxygen atoms in total. The van der Waals surface area contributed by atoms with Crippen molar-refractivity contribution < 1.29 is 9.53 Å². The summed E-state index contributed by atoms with van der Waals surface area (Å²) in [6, 6.07) is 11.3. The third-order valence-corrected chi connectivity index (χ3v) is 5.31. The van der Waals surface area contributed by atoms with Gasteiger partial charge in [-0.1, -0.05) is 25.3 Å². The van der Waals surface area contributed by atoms with E-state index in [4.69, 9.17) is 4.74 Å². The molecule has 5 heteroatoms. The zero-order chi connectivity index (χ0) is 19.3. The van der Waals surface area contributed by atoms with Crippen LogP contribution in [-0.2, 0) is 0 Å². The van der Waals surface area contributed by atoms with Crippen LogP contribution in [0.3, 0.4) is 0 Å². The van der Waals surface area contributed by atoms with Gasteiger partial charge >= 0.3 is 0 Å². The molecule has 1 fully saturated rings. The van der Waals surface area contributed by atoms with Gasteiger partial charge in [0.05, 0.1) is 6.61 Å². The topological polar surface area (TPSA) is 64.1 Å². The van der Waals surface area contributed by atoms with Crippen molar-refractivity contribution >= 4 is 22.4 Å². The summed E-state index contributed by atoms with van der Waals surface area (Å²) in [6.45, 7) is 2.67. The summed E-state index contributed by atoms with van der Waals surface area (Å²) in [6.07, 6.45) is 9.88. The molecule has 0 atom stereocenters. The second-order valence-corrected chi connectivity index (χ2v) is 7.54. The Hall–Kier alpha value is -2.95. The normalized spacial score (nSPS) is 14.8. The number of amides is 1. The van der Waals surface area contributed by atoms with E-state index in [-0.39, 0.29) is 5.91 Å². The van der Waals surface area contributed by atoms with E-state index in [0.29, 0.717) is 17.5 Å². The highest BCUT2D eigenvalue weighted by molar-refractivity contribution is 6.04. The minimum Gasteiger partial charge on any atom is -0.477 e. The van der Waals surface area contributed by atoms with Gasteiger partial charge in [-0.2, -0.15) is 0 Å². The van der Waals surface area contributed by atoms with Gasteiger partial charge in [-0.05, 0) is 67.0 Å². The number of benzene rings is 1.